The highest BCUT2D eigenvalue weighted by Gasteiger charge is 2.29. The number of nitrogens with two attached hydrogens (primary N) is 1. The lowest BCUT2D eigenvalue weighted by Gasteiger charge is -2.24. The van der Waals surface area contributed by atoms with Crippen LogP contribution in [-0.4, -0.2) is 17.4 Å². The van der Waals surface area contributed by atoms with Crippen LogP contribution in [0.5, 0.6) is 0 Å². The Bertz CT molecular complexity index is 597. The molecule has 2 rings (SSSR count). The van der Waals surface area contributed by atoms with E-state index in [-0.39, 0.29) is 5.91 Å². The lowest BCUT2D eigenvalue weighted by Crippen LogP contribution is -2.49. The molecule has 1 aromatic carbocycles. The lowest BCUT2D eigenvalue weighted by molar-refractivity contribution is -0.126. The van der Waals surface area contributed by atoms with Gasteiger partial charge in [0.25, 0.3) is 0 Å². The van der Waals surface area contributed by atoms with E-state index in [9.17, 15) is 4.79 Å². The van der Waals surface area contributed by atoms with E-state index >= 15 is 0 Å². The van der Waals surface area contributed by atoms with Gasteiger partial charge in [-0.1, -0.05) is 34.1 Å². The quantitative estimate of drug-likeness (QED) is 0.872. The van der Waals surface area contributed by atoms with Gasteiger partial charge in [0, 0.05) is 23.4 Å². The van der Waals surface area contributed by atoms with Crippen molar-refractivity contribution in [3.8, 4) is 0 Å². The molecule has 21 heavy (non-hydrogen) atoms. The number of halogens is 1. The number of amides is 1. The number of pyridine rings is 1. The van der Waals surface area contributed by atoms with Gasteiger partial charge in [-0.3, -0.25) is 9.78 Å². The molecular formula is C16H18BrN3O. The summed E-state index contributed by atoms with van der Waals surface area (Å²) in [5.74, 6) is -0.186. The molecule has 110 valence electrons. The molecule has 1 amide bonds. The minimum atomic E-state index is -1.05. The zero-order chi connectivity index (χ0) is 15.3. The van der Waals surface area contributed by atoms with Crippen molar-refractivity contribution in [1.82, 2.24) is 10.3 Å². The Kier molecular flexibility index (Phi) is 5.09. The van der Waals surface area contributed by atoms with Gasteiger partial charge in [-0.25, -0.2) is 0 Å². The smallest absolute Gasteiger partial charge is 0.244 e. The average molecular weight is 348 g/mol. The first-order valence-electron chi connectivity index (χ1n) is 6.72. The third-order valence-electron chi connectivity index (χ3n) is 3.34. The molecule has 0 aliphatic rings. The van der Waals surface area contributed by atoms with Crippen molar-refractivity contribution in [2.45, 2.75) is 18.9 Å². The predicted molar refractivity (Wildman–Crippen MR) is 86.6 cm³/mol. The highest BCUT2D eigenvalue weighted by molar-refractivity contribution is 9.10. The second-order valence-corrected chi connectivity index (χ2v) is 5.99. The fourth-order valence-corrected chi connectivity index (χ4v) is 2.24. The zero-order valence-electron chi connectivity index (χ0n) is 11.8. The molecule has 1 heterocycles. The molecule has 0 radical (unpaired) electrons. The number of carbonyl (C=O) groups is 1. The molecule has 1 aromatic heterocycles. The summed E-state index contributed by atoms with van der Waals surface area (Å²) < 4.78 is 0.957. The van der Waals surface area contributed by atoms with E-state index in [1.54, 1.807) is 19.3 Å². The Morgan fingerprint density at radius 3 is 2.67 bits per heavy atom. The topological polar surface area (TPSA) is 68.0 Å². The van der Waals surface area contributed by atoms with Crippen LogP contribution in [0.15, 0.2) is 53.3 Å². The van der Waals surface area contributed by atoms with E-state index in [1.807, 2.05) is 36.4 Å². The summed E-state index contributed by atoms with van der Waals surface area (Å²) in [5.41, 5.74) is 6.99. The van der Waals surface area contributed by atoms with Crippen molar-refractivity contribution in [3.05, 3.63) is 64.4 Å². The maximum absolute atomic E-state index is 12.3. The summed E-state index contributed by atoms with van der Waals surface area (Å²) >= 11 is 3.37. The summed E-state index contributed by atoms with van der Waals surface area (Å²) in [6, 6.07) is 11.3. The first kappa shape index (κ1) is 15.7. The number of hydrogen-bond acceptors (Lipinski definition) is 3. The van der Waals surface area contributed by atoms with Crippen LogP contribution in [0, 0.1) is 0 Å². The van der Waals surface area contributed by atoms with Gasteiger partial charge in [0.2, 0.25) is 5.91 Å². The fraction of sp³-hybridized carbons (Fsp3) is 0.250. The Morgan fingerprint density at radius 2 is 2.05 bits per heavy atom. The molecule has 2 aromatic rings. The van der Waals surface area contributed by atoms with Gasteiger partial charge >= 0.3 is 0 Å². The summed E-state index contributed by atoms with van der Waals surface area (Å²) in [6.07, 6.45) is 4.26. The van der Waals surface area contributed by atoms with Crippen molar-refractivity contribution < 1.29 is 4.79 Å². The first-order chi connectivity index (χ1) is 10.00. The van der Waals surface area contributed by atoms with Crippen LogP contribution in [-0.2, 0) is 16.8 Å². The fourth-order valence-electron chi connectivity index (χ4n) is 1.98. The van der Waals surface area contributed by atoms with Crippen LogP contribution >= 0.6 is 15.9 Å². The lowest BCUT2D eigenvalue weighted by atomic mass is 9.92. The number of nitrogens with one attached hydrogen (secondary N) is 1. The van der Waals surface area contributed by atoms with Crippen molar-refractivity contribution in [2.75, 3.05) is 6.54 Å². The van der Waals surface area contributed by atoms with E-state index < -0.39 is 5.54 Å². The average Bonchev–Trinajstić information content (AvgIpc) is 2.48. The van der Waals surface area contributed by atoms with Crippen LogP contribution < -0.4 is 11.1 Å². The maximum atomic E-state index is 12.3. The number of rotatable bonds is 5. The SMILES string of the molecule is CC(N)(C(=O)NCCc1cccnc1)c1ccc(Br)cc1. The monoisotopic (exact) mass is 347 g/mol. The van der Waals surface area contributed by atoms with Crippen LogP contribution in [0.4, 0.5) is 0 Å². The summed E-state index contributed by atoms with van der Waals surface area (Å²) in [4.78, 5) is 16.3. The number of carbonyl (C=O) groups excluding carboxylic acids is 1. The second kappa shape index (κ2) is 6.83. The molecule has 4 nitrogen and oxygen atoms in total. The van der Waals surface area contributed by atoms with E-state index in [0.717, 1.165) is 22.0 Å². The summed E-state index contributed by atoms with van der Waals surface area (Å²) in [7, 11) is 0. The zero-order valence-corrected chi connectivity index (χ0v) is 13.4. The molecule has 5 heteroatoms. The van der Waals surface area contributed by atoms with Crippen molar-refractivity contribution in [2.24, 2.45) is 5.73 Å². The van der Waals surface area contributed by atoms with E-state index in [2.05, 4.69) is 26.2 Å². The van der Waals surface area contributed by atoms with Crippen LogP contribution in [0.3, 0.4) is 0 Å². The Balaban J connectivity index is 1.94. The van der Waals surface area contributed by atoms with Gasteiger partial charge in [-0.2, -0.15) is 0 Å². The summed E-state index contributed by atoms with van der Waals surface area (Å²) in [6.45, 7) is 2.25. The number of hydrogen-bond donors (Lipinski definition) is 2. The minimum absolute atomic E-state index is 0.186. The summed E-state index contributed by atoms with van der Waals surface area (Å²) in [5, 5.41) is 2.88. The second-order valence-electron chi connectivity index (χ2n) is 5.08. The molecule has 1 atom stereocenters. The Morgan fingerprint density at radius 1 is 1.33 bits per heavy atom. The van der Waals surface area contributed by atoms with Gasteiger partial charge in [0.15, 0.2) is 0 Å². The first-order valence-corrected chi connectivity index (χ1v) is 7.51. The highest BCUT2D eigenvalue weighted by atomic mass is 79.9. The van der Waals surface area contributed by atoms with Gasteiger partial charge in [0.1, 0.15) is 5.54 Å². The molecule has 0 saturated heterocycles. The van der Waals surface area contributed by atoms with Crippen LogP contribution in [0.25, 0.3) is 0 Å². The third kappa shape index (κ3) is 4.12. The predicted octanol–water partition coefficient (Wildman–Crippen LogP) is 2.38. The standard InChI is InChI=1S/C16H18BrN3O/c1-16(18,13-4-6-14(17)7-5-13)15(21)20-10-8-12-3-2-9-19-11-12/h2-7,9,11H,8,10,18H2,1H3,(H,20,21). The van der Waals surface area contributed by atoms with Gasteiger partial charge < -0.3 is 11.1 Å². The van der Waals surface area contributed by atoms with Crippen LogP contribution in [0.1, 0.15) is 18.1 Å². The number of aromatic nitrogens is 1. The number of nitrogens with zero attached hydrogens (tertiary/aromatic N) is 1. The Hall–Kier alpha value is -1.72. The molecule has 0 saturated carbocycles. The Labute approximate surface area is 132 Å². The molecule has 0 spiro atoms. The molecule has 3 N–H and O–H groups in total. The van der Waals surface area contributed by atoms with Gasteiger partial charge in [-0.05, 0) is 42.7 Å². The molecular weight excluding hydrogens is 330 g/mol. The van der Waals surface area contributed by atoms with Crippen molar-refractivity contribution in [1.29, 1.82) is 0 Å². The third-order valence-corrected chi connectivity index (χ3v) is 3.87. The molecule has 0 fully saturated rings. The molecule has 0 aliphatic heterocycles. The highest BCUT2D eigenvalue weighted by Crippen LogP contribution is 2.20. The minimum Gasteiger partial charge on any atom is -0.354 e. The largest absolute Gasteiger partial charge is 0.354 e. The van der Waals surface area contributed by atoms with E-state index in [0.29, 0.717) is 6.54 Å². The molecule has 1 unspecified atom stereocenters. The normalized spacial score (nSPS) is 13.5. The van der Waals surface area contributed by atoms with Gasteiger partial charge in [-0.15, -0.1) is 0 Å². The molecule has 0 aliphatic carbocycles. The van der Waals surface area contributed by atoms with E-state index in [4.69, 9.17) is 5.73 Å². The number of benzene rings is 1. The van der Waals surface area contributed by atoms with E-state index in [1.165, 1.54) is 0 Å². The molecule has 0 bridgehead atoms. The van der Waals surface area contributed by atoms with Crippen LogP contribution in [0.2, 0.25) is 0 Å². The maximum Gasteiger partial charge on any atom is 0.244 e. The van der Waals surface area contributed by atoms with Gasteiger partial charge in [0.05, 0.1) is 0 Å². The van der Waals surface area contributed by atoms with Crippen molar-refractivity contribution >= 4 is 21.8 Å². The van der Waals surface area contributed by atoms with Crippen molar-refractivity contribution in [3.63, 3.8) is 0 Å².